The predicted octanol–water partition coefficient (Wildman–Crippen LogP) is 3.72. The molecule has 1 heterocycles. The molecule has 0 atom stereocenters. The summed E-state index contributed by atoms with van der Waals surface area (Å²) in [6.07, 6.45) is 5.76. The van der Waals surface area contributed by atoms with Crippen molar-refractivity contribution in [3.05, 3.63) is 63.6 Å². The molecule has 0 radical (unpaired) electrons. The number of aryl methyl sites for hydroxylation is 1. The van der Waals surface area contributed by atoms with E-state index in [1.54, 1.807) is 13.0 Å². The standard InChI is InChI=1S/C14H18N2O2/c1-5-12(16(17)18)9-10(3)11(4)13-7-8-15-14(13)6-2/h5,7-9,15H,4,6H2,1-3H3/b10-9+,12-5+. The lowest BCUT2D eigenvalue weighted by molar-refractivity contribution is -0.419. The van der Waals surface area contributed by atoms with E-state index >= 15 is 0 Å². The fourth-order valence-electron chi connectivity index (χ4n) is 1.74. The van der Waals surface area contributed by atoms with Crippen LogP contribution in [0.25, 0.3) is 5.57 Å². The summed E-state index contributed by atoms with van der Waals surface area (Å²) in [5, 5.41) is 10.8. The minimum atomic E-state index is -0.394. The van der Waals surface area contributed by atoms with E-state index in [0.717, 1.165) is 28.8 Å². The molecule has 0 aromatic carbocycles. The van der Waals surface area contributed by atoms with Crippen molar-refractivity contribution in [3.63, 3.8) is 0 Å². The summed E-state index contributed by atoms with van der Waals surface area (Å²) in [5.41, 5.74) is 3.81. The van der Waals surface area contributed by atoms with Gasteiger partial charge in [0.2, 0.25) is 0 Å². The van der Waals surface area contributed by atoms with E-state index in [9.17, 15) is 10.1 Å². The zero-order valence-corrected chi connectivity index (χ0v) is 11.0. The summed E-state index contributed by atoms with van der Waals surface area (Å²) >= 11 is 0. The van der Waals surface area contributed by atoms with Gasteiger partial charge in [0.1, 0.15) is 0 Å². The Kier molecular flexibility index (Phi) is 4.66. The van der Waals surface area contributed by atoms with Crippen LogP contribution in [0.4, 0.5) is 0 Å². The summed E-state index contributed by atoms with van der Waals surface area (Å²) in [5.74, 6) is 0. The van der Waals surface area contributed by atoms with Crippen molar-refractivity contribution in [1.29, 1.82) is 0 Å². The fraction of sp³-hybridized carbons (Fsp3) is 0.286. The third-order valence-electron chi connectivity index (χ3n) is 2.86. The lowest BCUT2D eigenvalue weighted by atomic mass is 9.99. The summed E-state index contributed by atoms with van der Waals surface area (Å²) < 4.78 is 0. The topological polar surface area (TPSA) is 58.9 Å². The van der Waals surface area contributed by atoms with Crippen molar-refractivity contribution in [3.8, 4) is 0 Å². The Labute approximate surface area is 107 Å². The molecule has 18 heavy (non-hydrogen) atoms. The van der Waals surface area contributed by atoms with Gasteiger partial charge in [-0.3, -0.25) is 10.1 Å². The smallest absolute Gasteiger partial charge is 0.265 e. The van der Waals surface area contributed by atoms with Gasteiger partial charge in [0.15, 0.2) is 0 Å². The van der Waals surface area contributed by atoms with Crippen LogP contribution in [0, 0.1) is 10.1 Å². The van der Waals surface area contributed by atoms with Gasteiger partial charge in [-0.2, -0.15) is 0 Å². The Balaban J connectivity index is 3.05. The first-order chi connectivity index (χ1) is 8.51. The molecule has 1 aromatic heterocycles. The Morgan fingerprint density at radius 2 is 2.28 bits per heavy atom. The molecular formula is C14H18N2O2. The largest absolute Gasteiger partial charge is 0.364 e. The van der Waals surface area contributed by atoms with Gasteiger partial charge in [-0.15, -0.1) is 0 Å². The molecule has 0 aliphatic rings. The van der Waals surface area contributed by atoms with Crippen molar-refractivity contribution in [1.82, 2.24) is 4.98 Å². The molecule has 4 nitrogen and oxygen atoms in total. The van der Waals surface area contributed by atoms with Crippen LogP contribution >= 0.6 is 0 Å². The summed E-state index contributed by atoms with van der Waals surface area (Å²) in [6, 6.07) is 1.94. The third kappa shape index (κ3) is 2.97. The first-order valence-corrected chi connectivity index (χ1v) is 5.86. The second-order valence-corrected chi connectivity index (χ2v) is 4.00. The maximum atomic E-state index is 10.8. The number of rotatable bonds is 5. The van der Waals surface area contributed by atoms with E-state index in [1.807, 2.05) is 19.2 Å². The molecule has 96 valence electrons. The first-order valence-electron chi connectivity index (χ1n) is 5.86. The maximum absolute atomic E-state index is 10.8. The van der Waals surface area contributed by atoms with Gasteiger partial charge < -0.3 is 4.98 Å². The van der Waals surface area contributed by atoms with E-state index < -0.39 is 4.92 Å². The molecule has 1 aromatic rings. The second-order valence-electron chi connectivity index (χ2n) is 4.00. The molecule has 0 saturated heterocycles. The van der Waals surface area contributed by atoms with Crippen LogP contribution in [0.2, 0.25) is 0 Å². The zero-order valence-electron chi connectivity index (χ0n) is 11.0. The molecule has 0 amide bonds. The van der Waals surface area contributed by atoms with E-state index in [0.29, 0.717) is 0 Å². The molecule has 0 spiro atoms. The fourth-order valence-corrected chi connectivity index (χ4v) is 1.74. The summed E-state index contributed by atoms with van der Waals surface area (Å²) in [4.78, 5) is 13.5. The van der Waals surface area contributed by atoms with Crippen molar-refractivity contribution >= 4 is 5.57 Å². The van der Waals surface area contributed by atoms with Crippen LogP contribution in [-0.2, 0) is 6.42 Å². The van der Waals surface area contributed by atoms with Crippen LogP contribution in [-0.4, -0.2) is 9.91 Å². The van der Waals surface area contributed by atoms with Gasteiger partial charge in [-0.1, -0.05) is 13.5 Å². The number of hydrogen-bond acceptors (Lipinski definition) is 2. The third-order valence-corrected chi connectivity index (χ3v) is 2.86. The van der Waals surface area contributed by atoms with Gasteiger partial charge in [0.25, 0.3) is 5.70 Å². The lowest BCUT2D eigenvalue weighted by Gasteiger charge is -2.06. The Morgan fingerprint density at radius 3 is 2.78 bits per heavy atom. The number of hydrogen-bond donors (Lipinski definition) is 1. The van der Waals surface area contributed by atoms with Crippen LogP contribution in [0.3, 0.4) is 0 Å². The molecule has 0 unspecified atom stereocenters. The highest BCUT2D eigenvalue weighted by Crippen LogP contribution is 2.25. The van der Waals surface area contributed by atoms with Gasteiger partial charge in [0.05, 0.1) is 4.92 Å². The van der Waals surface area contributed by atoms with Crippen LogP contribution in [0.15, 0.2) is 42.3 Å². The molecule has 0 fully saturated rings. The van der Waals surface area contributed by atoms with Crippen molar-refractivity contribution in [2.24, 2.45) is 0 Å². The number of nitrogens with one attached hydrogen (secondary N) is 1. The zero-order chi connectivity index (χ0) is 13.7. The molecule has 0 aliphatic carbocycles. The highest BCUT2D eigenvalue weighted by atomic mass is 16.6. The molecule has 0 bridgehead atoms. The molecular weight excluding hydrogens is 228 g/mol. The van der Waals surface area contributed by atoms with Crippen LogP contribution < -0.4 is 0 Å². The summed E-state index contributed by atoms with van der Waals surface area (Å²) in [6.45, 7) is 9.55. The highest BCUT2D eigenvalue weighted by molar-refractivity contribution is 5.78. The second kappa shape index (κ2) is 6.00. The highest BCUT2D eigenvalue weighted by Gasteiger charge is 2.11. The number of allylic oxidation sites excluding steroid dienone is 4. The van der Waals surface area contributed by atoms with Gasteiger partial charge in [0, 0.05) is 23.5 Å². The molecule has 0 saturated carbocycles. The number of aromatic amines is 1. The van der Waals surface area contributed by atoms with E-state index in [2.05, 4.69) is 18.5 Å². The van der Waals surface area contributed by atoms with Crippen molar-refractivity contribution in [2.75, 3.05) is 0 Å². The predicted molar refractivity (Wildman–Crippen MR) is 73.7 cm³/mol. The normalized spacial score (nSPS) is 12.6. The average molecular weight is 246 g/mol. The van der Waals surface area contributed by atoms with Gasteiger partial charge in [-0.05, 0) is 43.6 Å². The minimum absolute atomic E-state index is 0.0854. The molecule has 1 N–H and O–H groups in total. The molecule has 0 aliphatic heterocycles. The number of nitrogens with zero attached hydrogens (tertiary/aromatic N) is 1. The first kappa shape index (κ1) is 14.0. The van der Waals surface area contributed by atoms with Crippen LogP contribution in [0.5, 0.6) is 0 Å². The Morgan fingerprint density at radius 1 is 1.61 bits per heavy atom. The number of aromatic nitrogens is 1. The number of H-pyrrole nitrogens is 1. The van der Waals surface area contributed by atoms with Crippen LogP contribution in [0.1, 0.15) is 32.0 Å². The van der Waals surface area contributed by atoms with E-state index in [1.165, 1.54) is 6.08 Å². The minimum Gasteiger partial charge on any atom is -0.364 e. The average Bonchev–Trinajstić information content (AvgIpc) is 2.82. The van der Waals surface area contributed by atoms with Crippen molar-refractivity contribution in [2.45, 2.75) is 27.2 Å². The number of nitro groups is 1. The van der Waals surface area contributed by atoms with Gasteiger partial charge in [-0.25, -0.2) is 0 Å². The summed E-state index contributed by atoms with van der Waals surface area (Å²) in [7, 11) is 0. The maximum Gasteiger partial charge on any atom is 0.265 e. The Bertz CT molecular complexity index is 522. The van der Waals surface area contributed by atoms with E-state index in [4.69, 9.17) is 0 Å². The molecule has 1 rings (SSSR count). The van der Waals surface area contributed by atoms with E-state index in [-0.39, 0.29) is 5.70 Å². The van der Waals surface area contributed by atoms with Gasteiger partial charge >= 0.3 is 0 Å². The molecule has 4 heteroatoms. The Hall–Kier alpha value is -2.10. The quantitative estimate of drug-likeness (QED) is 0.489. The lowest BCUT2D eigenvalue weighted by Crippen LogP contribution is -1.97. The monoisotopic (exact) mass is 246 g/mol. The SMILES string of the molecule is C=C(/C(C)=C/C(=C\C)[N+](=O)[O-])c1cc[nH]c1CC. The van der Waals surface area contributed by atoms with Crippen molar-refractivity contribution < 1.29 is 4.92 Å².